The van der Waals surface area contributed by atoms with Crippen LogP contribution in [0.2, 0.25) is 0 Å². The monoisotopic (exact) mass is 393 g/mol. The van der Waals surface area contributed by atoms with E-state index < -0.39 is 0 Å². The highest BCUT2D eigenvalue weighted by Crippen LogP contribution is 2.30. The van der Waals surface area contributed by atoms with Gasteiger partial charge in [-0.3, -0.25) is 9.69 Å². The third-order valence-electron chi connectivity index (χ3n) is 5.01. The lowest BCUT2D eigenvalue weighted by molar-refractivity contribution is 0.0926. The van der Waals surface area contributed by atoms with Gasteiger partial charge in [0, 0.05) is 12.6 Å². The standard InChI is InChI=1S/C23H27N3O3/c1-4-26(5-2)20(17-11-7-6-8-12-17)16-24-23(27)19-15-22(29-25-19)18-13-9-10-14-21(18)28-3/h6-15,20H,4-5,16H2,1-3H3,(H,24,27). The van der Waals surface area contributed by atoms with E-state index in [2.05, 4.69) is 41.4 Å². The number of aromatic nitrogens is 1. The van der Waals surface area contributed by atoms with Crippen molar-refractivity contribution >= 4 is 5.91 Å². The van der Waals surface area contributed by atoms with Gasteiger partial charge < -0.3 is 14.6 Å². The zero-order valence-electron chi connectivity index (χ0n) is 17.1. The molecule has 1 heterocycles. The lowest BCUT2D eigenvalue weighted by Gasteiger charge is -2.30. The molecule has 0 bridgehead atoms. The fourth-order valence-electron chi connectivity index (χ4n) is 3.43. The third-order valence-corrected chi connectivity index (χ3v) is 5.01. The van der Waals surface area contributed by atoms with Crippen LogP contribution in [-0.4, -0.2) is 42.7 Å². The summed E-state index contributed by atoms with van der Waals surface area (Å²) in [5.74, 6) is 0.903. The summed E-state index contributed by atoms with van der Waals surface area (Å²) in [5.41, 5.74) is 2.18. The second-order valence-corrected chi connectivity index (χ2v) is 6.63. The normalized spacial score (nSPS) is 12.0. The first-order chi connectivity index (χ1) is 14.2. The first-order valence-electron chi connectivity index (χ1n) is 9.85. The lowest BCUT2D eigenvalue weighted by atomic mass is 10.0. The van der Waals surface area contributed by atoms with Crippen molar-refractivity contribution in [2.24, 2.45) is 0 Å². The molecule has 0 saturated heterocycles. The molecule has 0 aliphatic heterocycles. The van der Waals surface area contributed by atoms with Crippen LogP contribution in [-0.2, 0) is 0 Å². The molecular weight excluding hydrogens is 366 g/mol. The van der Waals surface area contributed by atoms with Gasteiger partial charge in [-0.1, -0.05) is 61.5 Å². The molecule has 0 spiro atoms. The predicted molar refractivity (Wildman–Crippen MR) is 113 cm³/mol. The van der Waals surface area contributed by atoms with E-state index in [1.165, 1.54) is 5.56 Å². The Morgan fingerprint density at radius 1 is 1.10 bits per heavy atom. The second kappa shape index (κ2) is 9.89. The Bertz CT molecular complexity index is 920. The van der Waals surface area contributed by atoms with Crippen LogP contribution >= 0.6 is 0 Å². The van der Waals surface area contributed by atoms with Crippen LogP contribution in [0.5, 0.6) is 5.75 Å². The number of methoxy groups -OCH3 is 1. The van der Waals surface area contributed by atoms with Crippen LogP contribution in [0.4, 0.5) is 0 Å². The number of hydrogen-bond donors (Lipinski definition) is 1. The highest BCUT2D eigenvalue weighted by molar-refractivity contribution is 5.93. The molecule has 1 unspecified atom stereocenters. The highest BCUT2D eigenvalue weighted by Gasteiger charge is 2.21. The maximum atomic E-state index is 12.7. The van der Waals surface area contributed by atoms with Gasteiger partial charge in [0.2, 0.25) is 0 Å². The molecule has 2 aromatic carbocycles. The summed E-state index contributed by atoms with van der Waals surface area (Å²) in [4.78, 5) is 15.0. The molecule has 6 nitrogen and oxygen atoms in total. The SMILES string of the molecule is CCN(CC)C(CNC(=O)c1cc(-c2ccccc2OC)on1)c1ccccc1. The molecule has 0 aliphatic rings. The van der Waals surface area contributed by atoms with Crippen molar-refractivity contribution in [3.8, 4) is 17.1 Å². The molecule has 1 N–H and O–H groups in total. The fraction of sp³-hybridized carbons (Fsp3) is 0.304. The molecule has 0 aliphatic carbocycles. The van der Waals surface area contributed by atoms with Crippen LogP contribution in [0.15, 0.2) is 65.2 Å². The molecule has 29 heavy (non-hydrogen) atoms. The average Bonchev–Trinajstić information content (AvgIpc) is 3.27. The van der Waals surface area contributed by atoms with E-state index in [1.54, 1.807) is 13.2 Å². The van der Waals surface area contributed by atoms with E-state index in [0.29, 0.717) is 18.1 Å². The van der Waals surface area contributed by atoms with E-state index in [9.17, 15) is 4.79 Å². The van der Waals surface area contributed by atoms with E-state index in [1.807, 2.05) is 42.5 Å². The first kappa shape index (κ1) is 20.6. The van der Waals surface area contributed by atoms with Gasteiger partial charge in [-0.25, -0.2) is 0 Å². The molecular formula is C23H27N3O3. The largest absolute Gasteiger partial charge is 0.496 e. The quantitative estimate of drug-likeness (QED) is 0.591. The topological polar surface area (TPSA) is 67.6 Å². The van der Waals surface area contributed by atoms with Gasteiger partial charge in [-0.2, -0.15) is 0 Å². The van der Waals surface area contributed by atoms with E-state index in [0.717, 1.165) is 18.7 Å². The molecule has 152 valence electrons. The molecule has 6 heteroatoms. The van der Waals surface area contributed by atoms with Crippen molar-refractivity contribution in [2.45, 2.75) is 19.9 Å². The predicted octanol–water partition coefficient (Wildman–Crippen LogP) is 4.16. The maximum Gasteiger partial charge on any atom is 0.273 e. The number of ether oxygens (including phenoxy) is 1. The maximum absolute atomic E-state index is 12.7. The molecule has 1 amide bonds. The number of rotatable bonds is 9. The smallest absolute Gasteiger partial charge is 0.273 e. The molecule has 3 rings (SSSR count). The molecule has 0 radical (unpaired) electrons. The molecule has 0 fully saturated rings. The number of nitrogens with one attached hydrogen (secondary N) is 1. The summed E-state index contributed by atoms with van der Waals surface area (Å²) in [7, 11) is 1.60. The third kappa shape index (κ3) is 4.84. The number of likely N-dealkylation sites (N-methyl/N-ethyl adjacent to an activating group) is 1. The van der Waals surface area contributed by atoms with Crippen molar-refractivity contribution in [1.82, 2.24) is 15.4 Å². The van der Waals surface area contributed by atoms with Crippen LogP contribution in [0.1, 0.15) is 35.9 Å². The fourth-order valence-corrected chi connectivity index (χ4v) is 3.43. The lowest BCUT2D eigenvalue weighted by Crippen LogP contribution is -2.38. The van der Waals surface area contributed by atoms with Crippen molar-refractivity contribution in [2.75, 3.05) is 26.7 Å². The summed E-state index contributed by atoms with van der Waals surface area (Å²) < 4.78 is 10.7. The van der Waals surface area contributed by atoms with Crippen LogP contribution in [0, 0.1) is 0 Å². The molecule has 3 aromatic rings. The van der Waals surface area contributed by atoms with Gasteiger partial charge >= 0.3 is 0 Å². The molecule has 0 saturated carbocycles. The number of carbonyl (C=O) groups is 1. The van der Waals surface area contributed by atoms with Crippen molar-refractivity contribution in [3.63, 3.8) is 0 Å². The molecule has 1 aromatic heterocycles. The van der Waals surface area contributed by atoms with Crippen molar-refractivity contribution in [3.05, 3.63) is 71.9 Å². The molecule has 1 atom stereocenters. The highest BCUT2D eigenvalue weighted by atomic mass is 16.5. The van der Waals surface area contributed by atoms with Gasteiger partial charge in [0.1, 0.15) is 5.75 Å². The van der Waals surface area contributed by atoms with E-state index in [-0.39, 0.29) is 17.6 Å². The number of amides is 1. The zero-order valence-corrected chi connectivity index (χ0v) is 17.1. The summed E-state index contributed by atoms with van der Waals surface area (Å²) in [5, 5.41) is 6.95. The Labute approximate surface area is 171 Å². The average molecular weight is 393 g/mol. The Balaban J connectivity index is 1.73. The number of carbonyl (C=O) groups excluding carboxylic acids is 1. The van der Waals surface area contributed by atoms with Crippen molar-refractivity contribution < 1.29 is 14.1 Å². The number of benzene rings is 2. The Morgan fingerprint density at radius 2 is 1.79 bits per heavy atom. The number of para-hydroxylation sites is 1. The van der Waals surface area contributed by atoms with Gasteiger partial charge in [0.05, 0.1) is 18.7 Å². The summed E-state index contributed by atoms with van der Waals surface area (Å²) in [6, 6.07) is 19.4. The minimum Gasteiger partial charge on any atom is -0.496 e. The second-order valence-electron chi connectivity index (χ2n) is 6.63. The number of nitrogens with zero attached hydrogens (tertiary/aromatic N) is 2. The van der Waals surface area contributed by atoms with Crippen molar-refractivity contribution in [1.29, 1.82) is 0 Å². The number of hydrogen-bond acceptors (Lipinski definition) is 5. The zero-order chi connectivity index (χ0) is 20.6. The van der Waals surface area contributed by atoms with Crippen LogP contribution in [0.25, 0.3) is 11.3 Å². The Hall–Kier alpha value is -3.12. The van der Waals surface area contributed by atoms with Gasteiger partial charge in [0.25, 0.3) is 5.91 Å². The van der Waals surface area contributed by atoms with Gasteiger partial charge in [0.15, 0.2) is 11.5 Å². The van der Waals surface area contributed by atoms with E-state index >= 15 is 0 Å². The minimum absolute atomic E-state index is 0.0933. The minimum atomic E-state index is -0.261. The van der Waals surface area contributed by atoms with Crippen LogP contribution in [0.3, 0.4) is 0 Å². The summed E-state index contributed by atoms with van der Waals surface area (Å²) in [6.45, 7) is 6.53. The Morgan fingerprint density at radius 3 is 2.48 bits per heavy atom. The van der Waals surface area contributed by atoms with E-state index in [4.69, 9.17) is 9.26 Å². The van der Waals surface area contributed by atoms with Gasteiger partial charge in [-0.05, 0) is 30.8 Å². The summed E-state index contributed by atoms with van der Waals surface area (Å²) >= 11 is 0. The summed E-state index contributed by atoms with van der Waals surface area (Å²) in [6.07, 6.45) is 0. The van der Waals surface area contributed by atoms with Crippen LogP contribution < -0.4 is 10.1 Å². The van der Waals surface area contributed by atoms with Gasteiger partial charge in [-0.15, -0.1) is 0 Å². The Kier molecular flexibility index (Phi) is 7.03. The first-order valence-corrected chi connectivity index (χ1v) is 9.85.